The molecular formula is C10H10NO. The molecule has 0 aromatic heterocycles. The first-order valence-corrected chi connectivity index (χ1v) is 3.69. The maximum Gasteiger partial charge on any atom is 0.221 e. The lowest BCUT2D eigenvalue weighted by molar-refractivity contribution is -0.118. The molecule has 0 aliphatic rings. The van der Waals surface area contributed by atoms with Gasteiger partial charge in [0.05, 0.1) is 6.20 Å². The average Bonchev–Trinajstić information content (AvgIpc) is 2.05. The molecule has 0 fully saturated rings. The first-order chi connectivity index (χ1) is 5.79. The fourth-order valence-electron chi connectivity index (χ4n) is 0.770. The lowest BCUT2D eigenvalue weighted by Gasteiger charge is -1.91. The van der Waals surface area contributed by atoms with Gasteiger partial charge in [-0.25, -0.2) is 0 Å². The van der Waals surface area contributed by atoms with Crippen LogP contribution in [0.2, 0.25) is 0 Å². The number of amides is 1. The third-order valence-electron chi connectivity index (χ3n) is 1.29. The van der Waals surface area contributed by atoms with Crippen molar-refractivity contribution in [2.24, 2.45) is 0 Å². The van der Waals surface area contributed by atoms with Crippen LogP contribution in [-0.2, 0) is 4.79 Å². The summed E-state index contributed by atoms with van der Waals surface area (Å²) >= 11 is 0. The second-order valence-corrected chi connectivity index (χ2v) is 2.38. The Hall–Kier alpha value is -1.57. The van der Waals surface area contributed by atoms with Gasteiger partial charge in [-0.05, 0) is 11.6 Å². The molecule has 0 unspecified atom stereocenters. The molecule has 0 heterocycles. The van der Waals surface area contributed by atoms with Crippen LogP contribution in [0.15, 0.2) is 30.3 Å². The van der Waals surface area contributed by atoms with Crippen molar-refractivity contribution in [3.05, 3.63) is 42.1 Å². The van der Waals surface area contributed by atoms with E-state index in [2.05, 4.69) is 11.5 Å². The van der Waals surface area contributed by atoms with Crippen LogP contribution in [0, 0.1) is 6.20 Å². The number of hydrogen-bond acceptors (Lipinski definition) is 1. The van der Waals surface area contributed by atoms with Crippen molar-refractivity contribution < 1.29 is 4.79 Å². The van der Waals surface area contributed by atoms with E-state index in [1.165, 1.54) is 6.92 Å². The molecule has 61 valence electrons. The molecule has 0 aliphatic heterocycles. The predicted octanol–water partition coefficient (Wildman–Crippen LogP) is 1.60. The number of rotatable bonds is 2. The van der Waals surface area contributed by atoms with E-state index >= 15 is 0 Å². The minimum atomic E-state index is -0.109. The highest BCUT2D eigenvalue weighted by Crippen LogP contribution is 1.98. The van der Waals surface area contributed by atoms with Crippen LogP contribution in [0.3, 0.4) is 0 Å². The zero-order valence-corrected chi connectivity index (χ0v) is 6.87. The fraction of sp³-hybridized carbons (Fsp3) is 0.100. The van der Waals surface area contributed by atoms with Crippen LogP contribution < -0.4 is 5.32 Å². The summed E-state index contributed by atoms with van der Waals surface area (Å²) in [5, 5.41) is 2.45. The normalized spacial score (nSPS) is 10.1. The fourth-order valence-corrected chi connectivity index (χ4v) is 0.770. The SMILES string of the molecule is CC(=O)N/[C]=C/c1ccccc1. The summed E-state index contributed by atoms with van der Waals surface area (Å²) in [4.78, 5) is 10.4. The Morgan fingerprint density at radius 2 is 2.08 bits per heavy atom. The van der Waals surface area contributed by atoms with Gasteiger partial charge in [0.2, 0.25) is 5.91 Å². The van der Waals surface area contributed by atoms with Gasteiger partial charge >= 0.3 is 0 Å². The zero-order valence-electron chi connectivity index (χ0n) is 6.87. The van der Waals surface area contributed by atoms with Crippen LogP contribution in [0.1, 0.15) is 12.5 Å². The Bertz CT molecular complexity index is 277. The topological polar surface area (TPSA) is 29.1 Å². The summed E-state index contributed by atoms with van der Waals surface area (Å²) < 4.78 is 0. The van der Waals surface area contributed by atoms with Crippen LogP contribution in [-0.4, -0.2) is 5.91 Å². The second kappa shape index (κ2) is 4.34. The Morgan fingerprint density at radius 3 is 2.67 bits per heavy atom. The first-order valence-electron chi connectivity index (χ1n) is 3.69. The molecule has 2 heteroatoms. The predicted molar refractivity (Wildman–Crippen MR) is 48.0 cm³/mol. The molecule has 0 bridgehead atoms. The third-order valence-corrected chi connectivity index (χ3v) is 1.29. The van der Waals surface area contributed by atoms with Gasteiger partial charge in [-0.15, -0.1) is 0 Å². The van der Waals surface area contributed by atoms with Crippen molar-refractivity contribution in [2.45, 2.75) is 6.92 Å². The molecular weight excluding hydrogens is 150 g/mol. The van der Waals surface area contributed by atoms with Gasteiger partial charge in [0.15, 0.2) is 0 Å². The summed E-state index contributed by atoms with van der Waals surface area (Å²) in [7, 11) is 0. The van der Waals surface area contributed by atoms with Crippen molar-refractivity contribution >= 4 is 12.0 Å². The van der Waals surface area contributed by atoms with Gasteiger partial charge in [-0.1, -0.05) is 30.3 Å². The van der Waals surface area contributed by atoms with E-state index in [1.54, 1.807) is 6.08 Å². The summed E-state index contributed by atoms with van der Waals surface area (Å²) in [6.07, 6.45) is 4.40. The van der Waals surface area contributed by atoms with E-state index in [0.29, 0.717) is 0 Å². The zero-order chi connectivity index (χ0) is 8.81. The Kier molecular flexibility index (Phi) is 3.08. The molecule has 1 rings (SSSR count). The van der Waals surface area contributed by atoms with Crippen LogP contribution in [0.5, 0.6) is 0 Å². The van der Waals surface area contributed by atoms with Gasteiger partial charge in [0, 0.05) is 6.92 Å². The van der Waals surface area contributed by atoms with E-state index in [1.807, 2.05) is 30.3 Å². The molecule has 0 saturated carbocycles. The summed E-state index contributed by atoms with van der Waals surface area (Å²) in [5.74, 6) is -0.109. The van der Waals surface area contributed by atoms with E-state index in [4.69, 9.17) is 0 Å². The van der Waals surface area contributed by atoms with Gasteiger partial charge < -0.3 is 5.32 Å². The number of hydrogen-bond donors (Lipinski definition) is 1. The second-order valence-electron chi connectivity index (χ2n) is 2.38. The average molecular weight is 160 g/mol. The summed E-state index contributed by atoms with van der Waals surface area (Å²) in [6, 6.07) is 9.68. The van der Waals surface area contributed by atoms with Gasteiger partial charge in [0.25, 0.3) is 0 Å². The Morgan fingerprint density at radius 1 is 1.42 bits per heavy atom. The summed E-state index contributed by atoms with van der Waals surface area (Å²) in [5.41, 5.74) is 1.02. The molecule has 1 radical (unpaired) electrons. The highest BCUT2D eigenvalue weighted by atomic mass is 16.1. The molecule has 12 heavy (non-hydrogen) atoms. The van der Waals surface area contributed by atoms with E-state index in [9.17, 15) is 4.79 Å². The molecule has 1 aromatic rings. The van der Waals surface area contributed by atoms with Gasteiger partial charge in [-0.3, -0.25) is 4.79 Å². The third kappa shape index (κ3) is 3.01. The Balaban J connectivity index is 2.52. The van der Waals surface area contributed by atoms with Crippen molar-refractivity contribution in [3.63, 3.8) is 0 Å². The minimum absolute atomic E-state index is 0.109. The van der Waals surface area contributed by atoms with E-state index in [-0.39, 0.29) is 5.91 Å². The molecule has 1 amide bonds. The quantitative estimate of drug-likeness (QED) is 0.654. The van der Waals surface area contributed by atoms with E-state index < -0.39 is 0 Å². The lowest BCUT2D eigenvalue weighted by atomic mass is 10.2. The van der Waals surface area contributed by atoms with Crippen molar-refractivity contribution in [1.82, 2.24) is 5.32 Å². The lowest BCUT2D eigenvalue weighted by Crippen LogP contribution is -2.11. The van der Waals surface area contributed by atoms with Gasteiger partial charge in [0.1, 0.15) is 0 Å². The number of carbonyl (C=O) groups is 1. The van der Waals surface area contributed by atoms with Crippen molar-refractivity contribution in [2.75, 3.05) is 0 Å². The molecule has 0 spiro atoms. The highest BCUT2D eigenvalue weighted by Gasteiger charge is 1.84. The number of carbonyl (C=O) groups excluding carboxylic acids is 1. The molecule has 2 nitrogen and oxygen atoms in total. The minimum Gasteiger partial charge on any atom is -0.325 e. The first kappa shape index (κ1) is 8.53. The molecule has 1 aromatic carbocycles. The van der Waals surface area contributed by atoms with Crippen LogP contribution >= 0.6 is 0 Å². The molecule has 0 aliphatic carbocycles. The maximum absolute atomic E-state index is 10.4. The van der Waals surface area contributed by atoms with Gasteiger partial charge in [-0.2, -0.15) is 0 Å². The Labute approximate surface area is 71.9 Å². The van der Waals surface area contributed by atoms with Crippen LogP contribution in [0.25, 0.3) is 6.08 Å². The van der Waals surface area contributed by atoms with Crippen molar-refractivity contribution in [3.8, 4) is 0 Å². The molecule has 0 saturated heterocycles. The van der Waals surface area contributed by atoms with E-state index in [0.717, 1.165) is 5.56 Å². The summed E-state index contributed by atoms with van der Waals surface area (Å²) in [6.45, 7) is 1.45. The number of nitrogens with one attached hydrogen (secondary N) is 1. The molecule has 1 N–H and O–H groups in total. The molecule has 0 atom stereocenters. The maximum atomic E-state index is 10.4. The monoisotopic (exact) mass is 160 g/mol. The number of benzene rings is 1. The largest absolute Gasteiger partial charge is 0.325 e. The van der Waals surface area contributed by atoms with Crippen LogP contribution in [0.4, 0.5) is 0 Å². The standard InChI is InChI=1S/C10H10NO/c1-9(12)11-8-7-10-5-3-2-4-6-10/h2-7H,1H3,(H,11,12). The smallest absolute Gasteiger partial charge is 0.221 e. The van der Waals surface area contributed by atoms with Crippen molar-refractivity contribution in [1.29, 1.82) is 0 Å². The highest BCUT2D eigenvalue weighted by molar-refractivity contribution is 5.74.